The van der Waals surface area contributed by atoms with Crippen molar-refractivity contribution in [2.75, 3.05) is 26.2 Å². The van der Waals surface area contributed by atoms with E-state index in [-0.39, 0.29) is 29.5 Å². The largest absolute Gasteiger partial charge is 0.337 e. The Hall–Kier alpha value is -2.95. The molecule has 0 aromatic heterocycles. The highest BCUT2D eigenvalue weighted by molar-refractivity contribution is 7.89. The number of amides is 1. The van der Waals surface area contributed by atoms with Crippen molar-refractivity contribution >= 4 is 22.0 Å². The molecule has 0 N–H and O–H groups in total. The van der Waals surface area contributed by atoms with Crippen LogP contribution in [0.25, 0.3) is 6.08 Å². The van der Waals surface area contributed by atoms with Crippen LogP contribution in [0.4, 0.5) is 0 Å². The van der Waals surface area contributed by atoms with Crippen molar-refractivity contribution in [3.05, 3.63) is 71.3 Å². The summed E-state index contributed by atoms with van der Waals surface area (Å²) in [4.78, 5) is 14.0. The van der Waals surface area contributed by atoms with E-state index in [9.17, 15) is 13.2 Å². The molecule has 0 bridgehead atoms. The minimum Gasteiger partial charge on any atom is -0.337 e. The molecular weight excluding hydrogens is 374 g/mol. The molecule has 0 atom stereocenters. The molecule has 0 saturated carbocycles. The molecule has 1 heterocycles. The van der Waals surface area contributed by atoms with E-state index < -0.39 is 10.0 Å². The van der Waals surface area contributed by atoms with Crippen LogP contribution in [-0.4, -0.2) is 49.7 Å². The normalized spacial score (nSPS) is 15.5. The fraction of sp³-hybridized carbons (Fsp3) is 0.238. The maximum atomic E-state index is 12.8. The third-order valence-electron chi connectivity index (χ3n) is 4.67. The molecule has 0 radical (unpaired) electrons. The summed E-state index contributed by atoms with van der Waals surface area (Å²) >= 11 is 0. The second kappa shape index (κ2) is 8.38. The Bertz CT molecular complexity index is 1030. The first-order valence-corrected chi connectivity index (χ1v) is 10.4. The number of sulfonamides is 1. The molecule has 3 rings (SSSR count). The first-order valence-electron chi connectivity index (χ1n) is 8.95. The summed E-state index contributed by atoms with van der Waals surface area (Å²) in [6, 6.07) is 15.9. The van der Waals surface area contributed by atoms with Crippen LogP contribution in [0.2, 0.25) is 0 Å². The molecule has 1 fully saturated rings. The lowest BCUT2D eigenvalue weighted by Gasteiger charge is -2.33. The number of rotatable bonds is 4. The summed E-state index contributed by atoms with van der Waals surface area (Å²) in [6.07, 6.45) is 3.27. The zero-order valence-electron chi connectivity index (χ0n) is 15.6. The number of benzene rings is 2. The van der Waals surface area contributed by atoms with Crippen molar-refractivity contribution in [1.29, 1.82) is 5.26 Å². The monoisotopic (exact) mass is 395 g/mol. The first-order chi connectivity index (χ1) is 13.4. The molecule has 0 aliphatic carbocycles. The van der Waals surface area contributed by atoms with Crippen molar-refractivity contribution < 1.29 is 13.2 Å². The molecule has 7 heteroatoms. The van der Waals surface area contributed by atoms with Crippen LogP contribution < -0.4 is 0 Å². The maximum absolute atomic E-state index is 12.8. The van der Waals surface area contributed by atoms with Gasteiger partial charge < -0.3 is 4.90 Å². The Morgan fingerprint density at radius 1 is 1.04 bits per heavy atom. The highest BCUT2D eigenvalue weighted by Gasteiger charge is 2.31. The van der Waals surface area contributed by atoms with Crippen LogP contribution in [0.5, 0.6) is 0 Å². The van der Waals surface area contributed by atoms with E-state index >= 15 is 0 Å². The van der Waals surface area contributed by atoms with Crippen LogP contribution in [0.15, 0.2) is 59.5 Å². The SMILES string of the molecule is Cc1ccc(/C=C/C(=O)N2CCN(S(=O)(=O)c3ccccc3C#N)CC2)cc1. The highest BCUT2D eigenvalue weighted by atomic mass is 32.2. The van der Waals surface area contributed by atoms with Crippen LogP contribution >= 0.6 is 0 Å². The Morgan fingerprint density at radius 3 is 2.32 bits per heavy atom. The Morgan fingerprint density at radius 2 is 1.68 bits per heavy atom. The molecule has 0 unspecified atom stereocenters. The Labute approximate surface area is 165 Å². The Kier molecular flexibility index (Phi) is 5.93. The predicted molar refractivity (Wildman–Crippen MR) is 107 cm³/mol. The summed E-state index contributed by atoms with van der Waals surface area (Å²) in [5.74, 6) is -0.143. The van der Waals surface area contributed by atoms with Gasteiger partial charge in [-0.25, -0.2) is 8.42 Å². The van der Waals surface area contributed by atoms with Gasteiger partial charge in [0.15, 0.2) is 0 Å². The smallest absolute Gasteiger partial charge is 0.246 e. The van der Waals surface area contributed by atoms with Crippen molar-refractivity contribution in [3.8, 4) is 6.07 Å². The topological polar surface area (TPSA) is 81.5 Å². The van der Waals surface area contributed by atoms with E-state index in [0.717, 1.165) is 11.1 Å². The van der Waals surface area contributed by atoms with E-state index in [1.807, 2.05) is 37.3 Å². The van der Waals surface area contributed by atoms with Crippen LogP contribution in [0.3, 0.4) is 0 Å². The van der Waals surface area contributed by atoms with Crippen LogP contribution in [0.1, 0.15) is 16.7 Å². The molecule has 1 aliphatic rings. The lowest BCUT2D eigenvalue weighted by Crippen LogP contribution is -2.50. The predicted octanol–water partition coefficient (Wildman–Crippen LogP) is 2.41. The number of hydrogen-bond acceptors (Lipinski definition) is 4. The molecule has 28 heavy (non-hydrogen) atoms. The first kappa shape index (κ1) is 19.8. The average Bonchev–Trinajstić information content (AvgIpc) is 2.73. The van der Waals surface area contributed by atoms with Gasteiger partial charge in [-0.15, -0.1) is 0 Å². The van der Waals surface area contributed by atoms with Gasteiger partial charge in [0, 0.05) is 32.3 Å². The van der Waals surface area contributed by atoms with Crippen LogP contribution in [-0.2, 0) is 14.8 Å². The van der Waals surface area contributed by atoms with Crippen molar-refractivity contribution in [2.45, 2.75) is 11.8 Å². The molecular formula is C21H21N3O3S. The van der Waals surface area contributed by atoms with Gasteiger partial charge in [-0.2, -0.15) is 9.57 Å². The molecule has 1 amide bonds. The molecule has 144 valence electrons. The van der Waals surface area contributed by atoms with Gasteiger partial charge in [0.1, 0.15) is 6.07 Å². The van der Waals surface area contributed by atoms with Gasteiger partial charge in [0.2, 0.25) is 15.9 Å². The lowest BCUT2D eigenvalue weighted by molar-refractivity contribution is -0.127. The average molecular weight is 395 g/mol. The zero-order chi connectivity index (χ0) is 20.1. The van der Waals surface area contributed by atoms with Gasteiger partial charge in [-0.1, -0.05) is 42.0 Å². The van der Waals surface area contributed by atoms with Gasteiger partial charge >= 0.3 is 0 Å². The lowest BCUT2D eigenvalue weighted by atomic mass is 10.1. The fourth-order valence-electron chi connectivity index (χ4n) is 3.02. The fourth-order valence-corrected chi connectivity index (χ4v) is 4.59. The van der Waals surface area contributed by atoms with E-state index in [4.69, 9.17) is 5.26 Å². The summed E-state index contributed by atoms with van der Waals surface area (Å²) in [7, 11) is -3.76. The van der Waals surface area contributed by atoms with E-state index in [0.29, 0.717) is 13.1 Å². The molecule has 1 saturated heterocycles. The summed E-state index contributed by atoms with van der Waals surface area (Å²) in [5.41, 5.74) is 2.22. The molecule has 6 nitrogen and oxygen atoms in total. The standard InChI is InChI=1S/C21H21N3O3S/c1-17-6-8-18(9-7-17)10-11-21(25)23-12-14-24(15-13-23)28(26,27)20-5-3-2-4-19(20)16-22/h2-11H,12-15H2,1H3/b11-10+. The minimum atomic E-state index is -3.76. The van der Waals surface area contributed by atoms with E-state index in [1.54, 1.807) is 23.1 Å². The Balaban J connectivity index is 1.64. The van der Waals surface area contributed by atoms with Crippen molar-refractivity contribution in [3.63, 3.8) is 0 Å². The second-order valence-electron chi connectivity index (χ2n) is 6.58. The highest BCUT2D eigenvalue weighted by Crippen LogP contribution is 2.21. The van der Waals surface area contributed by atoms with Gasteiger partial charge in [-0.3, -0.25) is 4.79 Å². The zero-order valence-corrected chi connectivity index (χ0v) is 16.4. The molecule has 0 spiro atoms. The van der Waals surface area contributed by atoms with Crippen molar-refractivity contribution in [1.82, 2.24) is 9.21 Å². The summed E-state index contributed by atoms with van der Waals surface area (Å²) in [5, 5.41) is 9.17. The molecule has 2 aromatic carbocycles. The minimum absolute atomic E-state index is 0.0107. The van der Waals surface area contributed by atoms with Crippen molar-refractivity contribution in [2.24, 2.45) is 0 Å². The third kappa shape index (κ3) is 4.30. The van der Waals surface area contributed by atoms with Gasteiger partial charge in [0.05, 0.1) is 10.5 Å². The number of aryl methyl sites for hydroxylation is 1. The molecule has 1 aliphatic heterocycles. The summed E-state index contributed by atoms with van der Waals surface area (Å²) in [6.45, 7) is 3.02. The van der Waals surface area contributed by atoms with E-state index in [2.05, 4.69) is 0 Å². The number of nitriles is 1. The molecule has 2 aromatic rings. The second-order valence-corrected chi connectivity index (χ2v) is 8.49. The quantitative estimate of drug-likeness (QED) is 0.745. The number of hydrogen-bond donors (Lipinski definition) is 0. The number of carbonyl (C=O) groups is 1. The van der Waals surface area contributed by atoms with Gasteiger partial charge in [0.25, 0.3) is 0 Å². The van der Waals surface area contributed by atoms with Gasteiger partial charge in [-0.05, 0) is 30.7 Å². The summed E-state index contributed by atoms with van der Waals surface area (Å²) < 4.78 is 27.0. The third-order valence-corrected chi connectivity index (χ3v) is 6.63. The van der Waals surface area contributed by atoms with E-state index in [1.165, 1.54) is 22.5 Å². The number of nitrogens with zero attached hydrogens (tertiary/aromatic N) is 3. The number of piperazine rings is 1. The maximum Gasteiger partial charge on any atom is 0.246 e. The number of carbonyl (C=O) groups excluding carboxylic acids is 1. The van der Waals surface area contributed by atoms with Crippen LogP contribution in [0, 0.1) is 18.3 Å².